The van der Waals surface area contributed by atoms with Gasteiger partial charge < -0.3 is 5.32 Å². The standard InChI is InChI=1S/C10H16N2S/c1-12-6-3-5-11-8-9(12)10-4-2-7-13-10/h2,4,7,9,11H,3,5-6,8H2,1H3. The molecule has 0 radical (unpaired) electrons. The second-order valence-electron chi connectivity index (χ2n) is 3.57. The molecule has 13 heavy (non-hydrogen) atoms. The van der Waals surface area contributed by atoms with Crippen molar-refractivity contribution in [2.24, 2.45) is 0 Å². The summed E-state index contributed by atoms with van der Waals surface area (Å²) in [4.78, 5) is 3.93. The van der Waals surface area contributed by atoms with Crippen LogP contribution in [0.4, 0.5) is 0 Å². The molecule has 1 aromatic rings. The molecule has 0 spiro atoms. The van der Waals surface area contributed by atoms with Gasteiger partial charge in [-0.25, -0.2) is 0 Å². The van der Waals surface area contributed by atoms with Crippen molar-refractivity contribution in [1.29, 1.82) is 0 Å². The Hall–Kier alpha value is -0.380. The minimum absolute atomic E-state index is 0.586. The first-order valence-electron chi connectivity index (χ1n) is 4.82. The number of nitrogens with one attached hydrogen (secondary N) is 1. The van der Waals surface area contributed by atoms with E-state index in [1.54, 1.807) is 0 Å². The van der Waals surface area contributed by atoms with Crippen LogP contribution < -0.4 is 5.32 Å². The van der Waals surface area contributed by atoms with Gasteiger partial charge in [0.1, 0.15) is 0 Å². The van der Waals surface area contributed by atoms with E-state index in [1.807, 2.05) is 11.3 Å². The molecule has 1 aliphatic rings. The molecule has 1 aromatic heterocycles. The van der Waals surface area contributed by atoms with Gasteiger partial charge in [-0.15, -0.1) is 11.3 Å². The SMILES string of the molecule is CN1CCCNCC1c1cccs1. The summed E-state index contributed by atoms with van der Waals surface area (Å²) in [6.07, 6.45) is 1.26. The number of hydrogen-bond acceptors (Lipinski definition) is 3. The molecule has 1 saturated heterocycles. The highest BCUT2D eigenvalue weighted by atomic mass is 32.1. The zero-order chi connectivity index (χ0) is 9.10. The lowest BCUT2D eigenvalue weighted by atomic mass is 10.2. The first-order valence-corrected chi connectivity index (χ1v) is 5.70. The Kier molecular flexibility index (Phi) is 2.98. The maximum atomic E-state index is 3.48. The van der Waals surface area contributed by atoms with Crippen molar-refractivity contribution < 1.29 is 0 Å². The van der Waals surface area contributed by atoms with Crippen LogP contribution in [-0.4, -0.2) is 31.6 Å². The highest BCUT2D eigenvalue weighted by Gasteiger charge is 2.19. The number of likely N-dealkylation sites (N-methyl/N-ethyl adjacent to an activating group) is 1. The summed E-state index contributed by atoms with van der Waals surface area (Å²) >= 11 is 1.86. The summed E-state index contributed by atoms with van der Waals surface area (Å²) in [5.74, 6) is 0. The van der Waals surface area contributed by atoms with Crippen molar-refractivity contribution in [1.82, 2.24) is 10.2 Å². The molecule has 1 unspecified atom stereocenters. The Morgan fingerprint density at radius 3 is 3.31 bits per heavy atom. The third-order valence-corrected chi connectivity index (χ3v) is 3.58. The van der Waals surface area contributed by atoms with Crippen LogP contribution in [0.25, 0.3) is 0 Å². The van der Waals surface area contributed by atoms with Crippen molar-refractivity contribution in [2.75, 3.05) is 26.7 Å². The van der Waals surface area contributed by atoms with E-state index in [-0.39, 0.29) is 0 Å². The molecular weight excluding hydrogens is 180 g/mol. The van der Waals surface area contributed by atoms with Crippen LogP contribution in [-0.2, 0) is 0 Å². The third kappa shape index (κ3) is 2.10. The third-order valence-electron chi connectivity index (χ3n) is 2.61. The molecule has 0 saturated carbocycles. The van der Waals surface area contributed by atoms with E-state index in [0.717, 1.165) is 13.1 Å². The number of thiophene rings is 1. The summed E-state index contributed by atoms with van der Waals surface area (Å²) in [5.41, 5.74) is 0. The van der Waals surface area contributed by atoms with Crippen LogP contribution >= 0.6 is 11.3 Å². The van der Waals surface area contributed by atoms with Gasteiger partial charge in [0.05, 0.1) is 6.04 Å². The average molecular weight is 196 g/mol. The second kappa shape index (κ2) is 4.22. The van der Waals surface area contributed by atoms with Crippen molar-refractivity contribution in [3.05, 3.63) is 22.4 Å². The van der Waals surface area contributed by atoms with Gasteiger partial charge in [0, 0.05) is 11.4 Å². The van der Waals surface area contributed by atoms with E-state index in [4.69, 9.17) is 0 Å². The molecule has 0 aliphatic carbocycles. The summed E-state index contributed by atoms with van der Waals surface area (Å²) in [6.45, 7) is 3.46. The Morgan fingerprint density at radius 2 is 2.54 bits per heavy atom. The Labute approximate surface area is 83.6 Å². The van der Waals surface area contributed by atoms with E-state index >= 15 is 0 Å². The largest absolute Gasteiger partial charge is 0.315 e. The normalized spacial score (nSPS) is 25.8. The predicted molar refractivity (Wildman–Crippen MR) is 57.2 cm³/mol. The first kappa shape index (κ1) is 9.19. The fraction of sp³-hybridized carbons (Fsp3) is 0.600. The fourth-order valence-electron chi connectivity index (χ4n) is 1.80. The number of hydrogen-bond donors (Lipinski definition) is 1. The van der Waals surface area contributed by atoms with Crippen molar-refractivity contribution in [3.8, 4) is 0 Å². The first-order chi connectivity index (χ1) is 6.38. The Balaban J connectivity index is 2.11. The van der Waals surface area contributed by atoms with Gasteiger partial charge in [-0.3, -0.25) is 4.90 Å². The number of nitrogens with zero attached hydrogens (tertiary/aromatic N) is 1. The van der Waals surface area contributed by atoms with Gasteiger partial charge >= 0.3 is 0 Å². The summed E-state index contributed by atoms with van der Waals surface area (Å²) in [7, 11) is 2.22. The molecule has 2 nitrogen and oxygen atoms in total. The topological polar surface area (TPSA) is 15.3 Å². The van der Waals surface area contributed by atoms with Crippen LogP contribution in [0.15, 0.2) is 17.5 Å². The van der Waals surface area contributed by atoms with Crippen LogP contribution in [0, 0.1) is 0 Å². The zero-order valence-electron chi connectivity index (χ0n) is 7.99. The highest BCUT2D eigenvalue weighted by Crippen LogP contribution is 2.24. The lowest BCUT2D eigenvalue weighted by Gasteiger charge is -2.24. The highest BCUT2D eigenvalue weighted by molar-refractivity contribution is 7.10. The smallest absolute Gasteiger partial charge is 0.0564 e. The second-order valence-corrected chi connectivity index (χ2v) is 4.55. The molecule has 0 bridgehead atoms. The van der Waals surface area contributed by atoms with Gasteiger partial charge in [0.15, 0.2) is 0 Å². The Bertz CT molecular complexity index is 245. The lowest BCUT2D eigenvalue weighted by Crippen LogP contribution is -2.28. The average Bonchev–Trinajstić information content (AvgIpc) is 2.56. The van der Waals surface area contributed by atoms with Crippen LogP contribution in [0.2, 0.25) is 0 Å². The molecule has 3 heteroatoms. The maximum absolute atomic E-state index is 3.48. The molecule has 0 amide bonds. The van der Waals surface area contributed by atoms with Crippen molar-refractivity contribution in [2.45, 2.75) is 12.5 Å². The molecule has 1 N–H and O–H groups in total. The summed E-state index contributed by atoms with van der Waals surface area (Å²) < 4.78 is 0. The van der Waals surface area contributed by atoms with E-state index in [1.165, 1.54) is 17.8 Å². The van der Waals surface area contributed by atoms with Gasteiger partial charge in [0.2, 0.25) is 0 Å². The Morgan fingerprint density at radius 1 is 1.62 bits per heavy atom. The molecule has 1 fully saturated rings. The molecule has 2 heterocycles. The van der Waals surface area contributed by atoms with Gasteiger partial charge in [-0.2, -0.15) is 0 Å². The fourth-order valence-corrected chi connectivity index (χ4v) is 2.69. The van der Waals surface area contributed by atoms with Crippen molar-refractivity contribution >= 4 is 11.3 Å². The molecule has 1 atom stereocenters. The molecular formula is C10H16N2S. The van der Waals surface area contributed by atoms with Gasteiger partial charge in [-0.05, 0) is 38.0 Å². The van der Waals surface area contributed by atoms with E-state index in [9.17, 15) is 0 Å². The summed E-state index contributed by atoms with van der Waals surface area (Å²) in [6, 6.07) is 4.96. The number of rotatable bonds is 1. The molecule has 0 aromatic carbocycles. The minimum Gasteiger partial charge on any atom is -0.315 e. The molecule has 1 aliphatic heterocycles. The summed E-state index contributed by atoms with van der Waals surface area (Å²) in [5, 5.41) is 5.64. The van der Waals surface area contributed by atoms with E-state index in [2.05, 4.69) is 34.8 Å². The quantitative estimate of drug-likeness (QED) is 0.735. The minimum atomic E-state index is 0.586. The predicted octanol–water partition coefficient (Wildman–Crippen LogP) is 1.71. The van der Waals surface area contributed by atoms with E-state index < -0.39 is 0 Å². The van der Waals surface area contributed by atoms with Crippen LogP contribution in [0.3, 0.4) is 0 Å². The van der Waals surface area contributed by atoms with E-state index in [0.29, 0.717) is 6.04 Å². The van der Waals surface area contributed by atoms with Gasteiger partial charge in [-0.1, -0.05) is 6.07 Å². The monoisotopic (exact) mass is 196 g/mol. The lowest BCUT2D eigenvalue weighted by molar-refractivity contribution is 0.265. The van der Waals surface area contributed by atoms with Gasteiger partial charge in [0.25, 0.3) is 0 Å². The molecule has 72 valence electrons. The van der Waals surface area contributed by atoms with Crippen LogP contribution in [0.1, 0.15) is 17.3 Å². The van der Waals surface area contributed by atoms with Crippen molar-refractivity contribution in [3.63, 3.8) is 0 Å². The molecule has 2 rings (SSSR count). The maximum Gasteiger partial charge on any atom is 0.0564 e. The van der Waals surface area contributed by atoms with Crippen LogP contribution in [0.5, 0.6) is 0 Å². The zero-order valence-corrected chi connectivity index (χ0v) is 8.81.